The number of aromatic nitrogens is 3. The van der Waals surface area contributed by atoms with E-state index in [1.54, 1.807) is 18.3 Å². The first-order valence-corrected chi connectivity index (χ1v) is 8.63. The molecule has 0 aromatic carbocycles. The highest BCUT2D eigenvalue weighted by Crippen LogP contribution is 2.28. The van der Waals surface area contributed by atoms with Crippen LogP contribution in [-0.2, 0) is 11.2 Å². The summed E-state index contributed by atoms with van der Waals surface area (Å²) in [5.74, 6) is 1.52. The van der Waals surface area contributed by atoms with E-state index in [1.807, 2.05) is 13.1 Å². The SMILES string of the molecule is CCOC(=O)c1cccnc1N1CCCC(n2ccnc2CC)C1. The third-order valence-corrected chi connectivity index (χ3v) is 4.44. The van der Waals surface area contributed by atoms with Crippen LogP contribution in [0.4, 0.5) is 5.82 Å². The zero-order chi connectivity index (χ0) is 16.9. The molecule has 1 aliphatic heterocycles. The maximum atomic E-state index is 12.2. The van der Waals surface area contributed by atoms with Crippen LogP contribution in [0.3, 0.4) is 0 Å². The van der Waals surface area contributed by atoms with Gasteiger partial charge in [-0.1, -0.05) is 6.92 Å². The van der Waals surface area contributed by atoms with Gasteiger partial charge in [0, 0.05) is 38.1 Å². The Bertz CT molecular complexity index is 698. The zero-order valence-corrected chi connectivity index (χ0v) is 14.3. The van der Waals surface area contributed by atoms with Crippen molar-refractivity contribution in [1.82, 2.24) is 14.5 Å². The summed E-state index contributed by atoms with van der Waals surface area (Å²) < 4.78 is 7.44. The minimum atomic E-state index is -0.306. The van der Waals surface area contributed by atoms with Gasteiger partial charge in [0.05, 0.1) is 12.6 Å². The van der Waals surface area contributed by atoms with E-state index in [1.165, 1.54) is 0 Å². The van der Waals surface area contributed by atoms with E-state index in [-0.39, 0.29) is 5.97 Å². The van der Waals surface area contributed by atoms with Crippen molar-refractivity contribution in [1.29, 1.82) is 0 Å². The molecule has 1 saturated heterocycles. The molecule has 0 aliphatic carbocycles. The van der Waals surface area contributed by atoms with Crippen molar-refractivity contribution in [3.8, 4) is 0 Å². The van der Waals surface area contributed by atoms with Crippen LogP contribution in [0.2, 0.25) is 0 Å². The van der Waals surface area contributed by atoms with E-state index in [4.69, 9.17) is 4.74 Å². The van der Waals surface area contributed by atoms with Crippen LogP contribution in [0, 0.1) is 0 Å². The first-order valence-electron chi connectivity index (χ1n) is 8.63. The summed E-state index contributed by atoms with van der Waals surface area (Å²) in [4.78, 5) is 23.3. The Kier molecular flexibility index (Phi) is 5.13. The monoisotopic (exact) mass is 328 g/mol. The molecule has 1 atom stereocenters. The number of hydrogen-bond donors (Lipinski definition) is 0. The van der Waals surface area contributed by atoms with Gasteiger partial charge in [-0.3, -0.25) is 0 Å². The van der Waals surface area contributed by atoms with E-state index in [0.717, 1.165) is 44.0 Å². The molecule has 24 heavy (non-hydrogen) atoms. The molecule has 0 N–H and O–H groups in total. The number of rotatable bonds is 5. The Labute approximate surface area is 142 Å². The van der Waals surface area contributed by atoms with Crippen LogP contribution in [0.5, 0.6) is 0 Å². The van der Waals surface area contributed by atoms with Gasteiger partial charge in [-0.25, -0.2) is 14.8 Å². The summed E-state index contributed by atoms with van der Waals surface area (Å²) in [7, 11) is 0. The van der Waals surface area contributed by atoms with Crippen LogP contribution in [0.15, 0.2) is 30.7 Å². The van der Waals surface area contributed by atoms with Crippen molar-refractivity contribution in [2.45, 2.75) is 39.2 Å². The number of carbonyl (C=O) groups excluding carboxylic acids is 1. The zero-order valence-electron chi connectivity index (χ0n) is 14.3. The van der Waals surface area contributed by atoms with Gasteiger partial charge in [-0.05, 0) is 31.9 Å². The lowest BCUT2D eigenvalue weighted by atomic mass is 10.0. The molecular formula is C18H24N4O2. The second kappa shape index (κ2) is 7.47. The van der Waals surface area contributed by atoms with E-state index in [2.05, 4.69) is 32.6 Å². The lowest BCUT2D eigenvalue weighted by molar-refractivity contribution is 0.0526. The number of ether oxygens (including phenoxy) is 1. The molecule has 0 spiro atoms. The summed E-state index contributed by atoms with van der Waals surface area (Å²) in [6.07, 6.45) is 8.74. The number of imidazole rings is 1. The molecule has 6 heteroatoms. The number of anilines is 1. The molecule has 3 heterocycles. The highest BCUT2D eigenvalue weighted by Gasteiger charge is 2.26. The molecule has 3 rings (SSSR count). The first-order chi connectivity index (χ1) is 11.7. The summed E-state index contributed by atoms with van der Waals surface area (Å²) in [5.41, 5.74) is 0.543. The fourth-order valence-corrected chi connectivity index (χ4v) is 3.34. The summed E-state index contributed by atoms with van der Waals surface area (Å²) in [5, 5.41) is 0. The largest absolute Gasteiger partial charge is 0.462 e. The van der Waals surface area contributed by atoms with E-state index < -0.39 is 0 Å². The maximum Gasteiger partial charge on any atom is 0.341 e. The third kappa shape index (κ3) is 3.27. The number of pyridine rings is 1. The van der Waals surface area contributed by atoms with Gasteiger partial charge in [0.2, 0.25) is 0 Å². The quantitative estimate of drug-likeness (QED) is 0.790. The minimum absolute atomic E-state index is 0.306. The average molecular weight is 328 g/mol. The standard InChI is InChI=1S/C18H24N4O2/c1-3-16-19-10-12-22(16)14-7-6-11-21(13-14)17-15(8-5-9-20-17)18(23)24-4-2/h5,8-10,12,14H,3-4,6-7,11,13H2,1-2H3. The van der Waals surface area contributed by atoms with Crippen molar-refractivity contribution in [3.63, 3.8) is 0 Å². The summed E-state index contributed by atoms with van der Waals surface area (Å²) in [6, 6.07) is 3.93. The molecule has 6 nitrogen and oxygen atoms in total. The smallest absolute Gasteiger partial charge is 0.341 e. The molecule has 1 aliphatic rings. The molecule has 2 aromatic heterocycles. The van der Waals surface area contributed by atoms with Crippen molar-refractivity contribution in [2.75, 3.05) is 24.6 Å². The summed E-state index contributed by atoms with van der Waals surface area (Å²) in [6.45, 7) is 6.03. The highest BCUT2D eigenvalue weighted by molar-refractivity contribution is 5.94. The number of hydrogen-bond acceptors (Lipinski definition) is 5. The Balaban J connectivity index is 1.84. The van der Waals surface area contributed by atoms with Gasteiger partial charge in [-0.15, -0.1) is 0 Å². The van der Waals surface area contributed by atoms with Gasteiger partial charge in [-0.2, -0.15) is 0 Å². The van der Waals surface area contributed by atoms with Gasteiger partial charge in [0.25, 0.3) is 0 Å². The van der Waals surface area contributed by atoms with Crippen LogP contribution in [0.1, 0.15) is 48.9 Å². The Morgan fingerprint density at radius 3 is 3.00 bits per heavy atom. The number of piperidine rings is 1. The predicted molar refractivity (Wildman–Crippen MR) is 92.3 cm³/mol. The van der Waals surface area contributed by atoms with Gasteiger partial charge in [0.1, 0.15) is 17.2 Å². The first kappa shape index (κ1) is 16.5. The average Bonchev–Trinajstić information content (AvgIpc) is 3.11. The molecular weight excluding hydrogens is 304 g/mol. The molecule has 128 valence electrons. The molecule has 0 radical (unpaired) electrons. The molecule has 0 saturated carbocycles. The topological polar surface area (TPSA) is 60.2 Å². The number of esters is 1. The normalized spacial score (nSPS) is 17.8. The molecule has 0 amide bonds. The van der Waals surface area contributed by atoms with Crippen molar-refractivity contribution >= 4 is 11.8 Å². The second-order valence-electron chi connectivity index (χ2n) is 5.94. The fraction of sp³-hybridized carbons (Fsp3) is 0.500. The van der Waals surface area contributed by atoms with Gasteiger partial charge >= 0.3 is 5.97 Å². The molecule has 0 bridgehead atoms. The lowest BCUT2D eigenvalue weighted by Crippen LogP contribution is -2.38. The predicted octanol–water partition coefficient (Wildman–Crippen LogP) is 2.86. The molecule has 1 fully saturated rings. The molecule has 2 aromatic rings. The van der Waals surface area contributed by atoms with Gasteiger partial charge < -0.3 is 14.2 Å². The van der Waals surface area contributed by atoms with E-state index >= 15 is 0 Å². The number of carbonyl (C=O) groups is 1. The molecule has 1 unspecified atom stereocenters. The van der Waals surface area contributed by atoms with Crippen LogP contribution in [0.25, 0.3) is 0 Å². The van der Waals surface area contributed by atoms with Crippen molar-refractivity contribution < 1.29 is 9.53 Å². The fourth-order valence-electron chi connectivity index (χ4n) is 3.34. The Morgan fingerprint density at radius 2 is 2.21 bits per heavy atom. The highest BCUT2D eigenvalue weighted by atomic mass is 16.5. The Hall–Kier alpha value is -2.37. The summed E-state index contributed by atoms with van der Waals surface area (Å²) >= 11 is 0. The van der Waals surface area contributed by atoms with Crippen LogP contribution < -0.4 is 4.90 Å². The number of aryl methyl sites for hydroxylation is 1. The van der Waals surface area contributed by atoms with E-state index in [0.29, 0.717) is 18.2 Å². The third-order valence-electron chi connectivity index (χ3n) is 4.44. The number of nitrogens with zero attached hydrogens (tertiary/aromatic N) is 4. The van der Waals surface area contributed by atoms with Crippen LogP contribution in [-0.4, -0.2) is 40.2 Å². The van der Waals surface area contributed by atoms with E-state index in [9.17, 15) is 4.79 Å². The maximum absolute atomic E-state index is 12.2. The van der Waals surface area contributed by atoms with Crippen molar-refractivity contribution in [2.24, 2.45) is 0 Å². The Morgan fingerprint density at radius 1 is 1.33 bits per heavy atom. The van der Waals surface area contributed by atoms with Gasteiger partial charge in [0.15, 0.2) is 0 Å². The second-order valence-corrected chi connectivity index (χ2v) is 5.94. The van der Waals surface area contributed by atoms with Crippen molar-refractivity contribution in [3.05, 3.63) is 42.1 Å². The lowest BCUT2D eigenvalue weighted by Gasteiger charge is -2.35. The minimum Gasteiger partial charge on any atom is -0.462 e. The van der Waals surface area contributed by atoms with Crippen LogP contribution >= 0.6 is 0 Å².